The van der Waals surface area contributed by atoms with E-state index in [1.807, 2.05) is 25.8 Å². The molecular formula is C10H16N4O2. The second-order valence-electron chi connectivity index (χ2n) is 3.71. The van der Waals surface area contributed by atoms with Crippen molar-refractivity contribution in [3.05, 3.63) is 12.4 Å². The fourth-order valence-electron chi connectivity index (χ4n) is 1.07. The van der Waals surface area contributed by atoms with E-state index in [0.717, 1.165) is 5.82 Å². The van der Waals surface area contributed by atoms with Gasteiger partial charge in [0, 0.05) is 19.2 Å². The Bertz CT molecular complexity index is 368. The quantitative estimate of drug-likeness (QED) is 0.771. The summed E-state index contributed by atoms with van der Waals surface area (Å²) in [6, 6.07) is 2.05. The van der Waals surface area contributed by atoms with Gasteiger partial charge in [-0.1, -0.05) is 0 Å². The van der Waals surface area contributed by atoms with Crippen molar-refractivity contribution in [2.75, 3.05) is 23.8 Å². The normalized spacial score (nSPS) is 10.2. The van der Waals surface area contributed by atoms with Crippen LogP contribution in [-0.2, 0) is 4.79 Å². The highest BCUT2D eigenvalue weighted by molar-refractivity contribution is 5.72. The molecule has 0 bridgehead atoms. The predicted molar refractivity (Wildman–Crippen MR) is 61.7 cm³/mol. The number of carboxylic acid groups (broad SMARTS) is 1. The standard InChI is InChI=1S/C10H16N4O2/c1-7(2)14(3)9-4-8(12-6-13-9)11-5-10(15)16/h4,6-7H,5H2,1-3H3,(H,15,16)(H,11,12,13). The molecule has 0 atom stereocenters. The van der Waals surface area contributed by atoms with E-state index in [0.29, 0.717) is 11.9 Å². The number of carboxylic acids is 1. The van der Waals surface area contributed by atoms with E-state index >= 15 is 0 Å². The van der Waals surface area contributed by atoms with Crippen molar-refractivity contribution in [3.63, 3.8) is 0 Å². The van der Waals surface area contributed by atoms with Crippen molar-refractivity contribution < 1.29 is 9.90 Å². The van der Waals surface area contributed by atoms with Gasteiger partial charge in [-0.3, -0.25) is 4.79 Å². The summed E-state index contributed by atoms with van der Waals surface area (Å²) in [4.78, 5) is 20.4. The minimum atomic E-state index is -0.919. The molecule has 0 amide bonds. The molecule has 1 aromatic heterocycles. The van der Waals surface area contributed by atoms with Crippen molar-refractivity contribution in [2.24, 2.45) is 0 Å². The van der Waals surface area contributed by atoms with Crippen molar-refractivity contribution >= 4 is 17.6 Å². The molecule has 88 valence electrons. The fourth-order valence-corrected chi connectivity index (χ4v) is 1.07. The third kappa shape index (κ3) is 3.38. The second-order valence-corrected chi connectivity index (χ2v) is 3.71. The van der Waals surface area contributed by atoms with Crippen LogP contribution in [-0.4, -0.2) is 40.7 Å². The highest BCUT2D eigenvalue weighted by Crippen LogP contribution is 2.14. The van der Waals surface area contributed by atoms with Crippen molar-refractivity contribution in [2.45, 2.75) is 19.9 Å². The molecule has 1 rings (SSSR count). The number of hydrogen-bond donors (Lipinski definition) is 2. The molecule has 6 nitrogen and oxygen atoms in total. The van der Waals surface area contributed by atoms with Gasteiger partial charge in [-0.15, -0.1) is 0 Å². The number of nitrogens with one attached hydrogen (secondary N) is 1. The SMILES string of the molecule is CC(C)N(C)c1cc(NCC(=O)O)ncn1. The molecule has 0 fully saturated rings. The van der Waals surface area contributed by atoms with E-state index in [-0.39, 0.29) is 6.54 Å². The molecular weight excluding hydrogens is 208 g/mol. The lowest BCUT2D eigenvalue weighted by Gasteiger charge is -2.22. The first-order chi connectivity index (χ1) is 7.50. The largest absolute Gasteiger partial charge is 0.480 e. The van der Waals surface area contributed by atoms with Crippen LogP contribution in [0.1, 0.15) is 13.8 Å². The summed E-state index contributed by atoms with van der Waals surface area (Å²) in [7, 11) is 1.92. The number of rotatable bonds is 5. The molecule has 2 N–H and O–H groups in total. The van der Waals surface area contributed by atoms with Crippen molar-refractivity contribution in [3.8, 4) is 0 Å². The molecule has 0 aromatic carbocycles. The van der Waals surface area contributed by atoms with Crippen LogP contribution >= 0.6 is 0 Å². The highest BCUT2D eigenvalue weighted by Gasteiger charge is 2.07. The Morgan fingerprint density at radius 1 is 1.56 bits per heavy atom. The van der Waals surface area contributed by atoms with Crippen LogP contribution in [0.2, 0.25) is 0 Å². The summed E-state index contributed by atoms with van der Waals surface area (Å²) < 4.78 is 0. The Hall–Kier alpha value is -1.85. The summed E-state index contributed by atoms with van der Waals surface area (Å²) in [5.74, 6) is 0.357. The number of hydrogen-bond acceptors (Lipinski definition) is 5. The van der Waals surface area contributed by atoms with Gasteiger partial charge >= 0.3 is 5.97 Å². The number of nitrogens with zero attached hydrogens (tertiary/aromatic N) is 3. The first-order valence-corrected chi connectivity index (χ1v) is 5.01. The van der Waals surface area contributed by atoms with Crippen LogP contribution in [0.15, 0.2) is 12.4 Å². The fraction of sp³-hybridized carbons (Fsp3) is 0.500. The monoisotopic (exact) mass is 224 g/mol. The van der Waals surface area contributed by atoms with Gasteiger partial charge in [0.15, 0.2) is 0 Å². The van der Waals surface area contributed by atoms with Crippen molar-refractivity contribution in [1.82, 2.24) is 9.97 Å². The van der Waals surface area contributed by atoms with Gasteiger partial charge in [0.25, 0.3) is 0 Å². The zero-order valence-electron chi connectivity index (χ0n) is 9.64. The van der Waals surface area contributed by atoms with Gasteiger partial charge in [-0.25, -0.2) is 9.97 Å². The topological polar surface area (TPSA) is 78.4 Å². The maximum Gasteiger partial charge on any atom is 0.322 e. The van der Waals surface area contributed by atoms with Crippen molar-refractivity contribution in [1.29, 1.82) is 0 Å². The summed E-state index contributed by atoms with van der Waals surface area (Å²) in [5.41, 5.74) is 0. The van der Waals surface area contributed by atoms with Crippen LogP contribution in [0.25, 0.3) is 0 Å². The summed E-state index contributed by atoms with van der Waals surface area (Å²) in [6.45, 7) is 3.95. The first-order valence-electron chi connectivity index (χ1n) is 5.01. The van der Waals surface area contributed by atoms with Gasteiger partial charge in [-0.2, -0.15) is 0 Å². The average molecular weight is 224 g/mol. The van der Waals surface area contributed by atoms with Gasteiger partial charge in [0.2, 0.25) is 0 Å². The van der Waals surface area contributed by atoms with Crippen LogP contribution in [0.4, 0.5) is 11.6 Å². The van der Waals surface area contributed by atoms with E-state index in [1.54, 1.807) is 6.07 Å². The lowest BCUT2D eigenvalue weighted by atomic mass is 10.3. The van der Waals surface area contributed by atoms with Crippen LogP contribution in [0.5, 0.6) is 0 Å². The Morgan fingerprint density at radius 3 is 2.81 bits per heavy atom. The molecule has 0 aliphatic heterocycles. The molecule has 0 radical (unpaired) electrons. The third-order valence-corrected chi connectivity index (χ3v) is 2.21. The van der Waals surface area contributed by atoms with E-state index in [4.69, 9.17) is 5.11 Å². The summed E-state index contributed by atoms with van der Waals surface area (Å²) >= 11 is 0. The van der Waals surface area contributed by atoms with Gasteiger partial charge in [0.1, 0.15) is 24.5 Å². The molecule has 0 saturated heterocycles. The summed E-state index contributed by atoms with van der Waals surface area (Å²) in [6.07, 6.45) is 1.42. The third-order valence-electron chi connectivity index (χ3n) is 2.21. The highest BCUT2D eigenvalue weighted by atomic mass is 16.4. The Balaban J connectivity index is 2.74. The maximum atomic E-state index is 10.4. The second kappa shape index (κ2) is 5.29. The van der Waals surface area contributed by atoms with E-state index < -0.39 is 5.97 Å². The Morgan fingerprint density at radius 2 is 2.25 bits per heavy atom. The zero-order valence-corrected chi connectivity index (χ0v) is 9.64. The molecule has 6 heteroatoms. The van der Waals surface area contributed by atoms with Crippen LogP contribution < -0.4 is 10.2 Å². The first kappa shape index (κ1) is 12.2. The van der Waals surface area contributed by atoms with E-state index in [1.165, 1.54) is 6.33 Å². The van der Waals surface area contributed by atoms with Gasteiger partial charge < -0.3 is 15.3 Å². The van der Waals surface area contributed by atoms with Crippen LogP contribution in [0.3, 0.4) is 0 Å². The average Bonchev–Trinajstić information content (AvgIpc) is 2.25. The molecule has 1 aromatic rings. The number of aliphatic carboxylic acids is 1. The lowest BCUT2D eigenvalue weighted by Crippen LogP contribution is -2.26. The zero-order chi connectivity index (χ0) is 12.1. The maximum absolute atomic E-state index is 10.4. The molecule has 0 aliphatic rings. The summed E-state index contributed by atoms with van der Waals surface area (Å²) in [5, 5.41) is 11.2. The van der Waals surface area contributed by atoms with Gasteiger partial charge in [0.05, 0.1) is 0 Å². The lowest BCUT2D eigenvalue weighted by molar-refractivity contribution is -0.134. The molecule has 0 aliphatic carbocycles. The molecule has 16 heavy (non-hydrogen) atoms. The molecule has 0 unspecified atom stereocenters. The Kier molecular flexibility index (Phi) is 4.04. The van der Waals surface area contributed by atoms with Gasteiger partial charge in [-0.05, 0) is 13.8 Å². The van der Waals surface area contributed by atoms with Crippen LogP contribution in [0, 0.1) is 0 Å². The Labute approximate surface area is 94.3 Å². The minimum absolute atomic E-state index is 0.151. The minimum Gasteiger partial charge on any atom is -0.480 e. The van der Waals surface area contributed by atoms with E-state index in [2.05, 4.69) is 15.3 Å². The molecule has 0 saturated carbocycles. The number of anilines is 2. The number of carbonyl (C=O) groups is 1. The molecule has 0 spiro atoms. The van der Waals surface area contributed by atoms with E-state index in [9.17, 15) is 4.79 Å². The molecule has 1 heterocycles. The predicted octanol–water partition coefficient (Wildman–Crippen LogP) is 0.818. The smallest absolute Gasteiger partial charge is 0.322 e. The number of aromatic nitrogens is 2.